The van der Waals surface area contributed by atoms with Crippen molar-refractivity contribution in [2.75, 3.05) is 18.9 Å². The minimum atomic E-state index is 0. The van der Waals surface area contributed by atoms with Crippen molar-refractivity contribution >= 4 is 48.2 Å². The molecule has 23 heavy (non-hydrogen) atoms. The van der Waals surface area contributed by atoms with Gasteiger partial charge in [0.25, 0.3) is 0 Å². The average Bonchev–Trinajstić information content (AvgIpc) is 2.53. The summed E-state index contributed by atoms with van der Waals surface area (Å²) in [6.45, 7) is 0.685. The Morgan fingerprint density at radius 1 is 1.17 bits per heavy atom. The van der Waals surface area contributed by atoms with E-state index in [1.807, 2.05) is 43.6 Å². The maximum atomic E-state index is 11.6. The van der Waals surface area contributed by atoms with Crippen LogP contribution in [0.25, 0.3) is 0 Å². The lowest BCUT2D eigenvalue weighted by molar-refractivity contribution is -0.116. The lowest BCUT2D eigenvalue weighted by Crippen LogP contribution is -2.18. The molecule has 1 heterocycles. The number of carbonyl (C=O) groups excluding carboxylic acids is 1. The number of benzene rings is 1. The van der Waals surface area contributed by atoms with Gasteiger partial charge in [0.1, 0.15) is 0 Å². The summed E-state index contributed by atoms with van der Waals surface area (Å²) in [4.78, 5) is 16.9. The van der Waals surface area contributed by atoms with Gasteiger partial charge in [-0.1, -0.05) is 6.07 Å². The number of hydrogen-bond donors (Lipinski definition) is 2. The molecule has 2 aromatic rings. The lowest BCUT2D eigenvalue weighted by Gasteiger charge is -2.06. The highest BCUT2D eigenvalue weighted by atomic mass is 35.5. The summed E-state index contributed by atoms with van der Waals surface area (Å²) in [6.07, 6.45) is 4.14. The van der Waals surface area contributed by atoms with Crippen LogP contribution in [0.4, 0.5) is 5.69 Å². The second-order valence-electron chi connectivity index (χ2n) is 4.58. The number of carbonyl (C=O) groups is 1. The Morgan fingerprint density at radius 2 is 1.91 bits per heavy atom. The van der Waals surface area contributed by atoms with Crippen molar-refractivity contribution in [3.63, 3.8) is 0 Å². The molecule has 0 saturated heterocycles. The summed E-state index contributed by atoms with van der Waals surface area (Å²) >= 11 is 1.75. The molecule has 1 aromatic carbocycles. The number of thioether (sulfide) groups is 1. The highest BCUT2D eigenvalue weighted by Gasteiger charge is 2.02. The van der Waals surface area contributed by atoms with Crippen LogP contribution in [0.3, 0.4) is 0 Å². The van der Waals surface area contributed by atoms with Gasteiger partial charge in [0.2, 0.25) is 5.91 Å². The molecule has 0 aliphatic heterocycles. The number of halogens is 2. The smallest absolute Gasteiger partial charge is 0.225 e. The zero-order valence-electron chi connectivity index (χ0n) is 12.8. The van der Waals surface area contributed by atoms with Crippen molar-refractivity contribution in [1.82, 2.24) is 10.3 Å². The third kappa shape index (κ3) is 8.23. The Balaban J connectivity index is 0.00000242. The first-order valence-corrected chi connectivity index (χ1v) is 7.82. The average molecular weight is 374 g/mol. The summed E-state index contributed by atoms with van der Waals surface area (Å²) in [6, 6.07) is 11.9. The van der Waals surface area contributed by atoms with Crippen LogP contribution in [0, 0.1) is 0 Å². The first-order chi connectivity index (χ1) is 10.3. The maximum absolute atomic E-state index is 11.6. The van der Waals surface area contributed by atoms with Crippen LogP contribution >= 0.6 is 36.6 Å². The third-order valence-corrected chi connectivity index (χ3v) is 3.95. The Morgan fingerprint density at radius 3 is 2.52 bits per heavy atom. The van der Waals surface area contributed by atoms with Gasteiger partial charge in [-0.05, 0) is 42.9 Å². The van der Waals surface area contributed by atoms with E-state index in [0.717, 1.165) is 11.4 Å². The molecule has 2 N–H and O–H groups in total. The van der Waals surface area contributed by atoms with Crippen LogP contribution in [0.1, 0.15) is 12.0 Å². The summed E-state index contributed by atoms with van der Waals surface area (Å²) in [7, 11) is 1.83. The van der Waals surface area contributed by atoms with Crippen molar-refractivity contribution in [1.29, 1.82) is 0 Å². The number of rotatable bonds is 7. The van der Waals surface area contributed by atoms with Crippen LogP contribution in [0.2, 0.25) is 0 Å². The van der Waals surface area contributed by atoms with Gasteiger partial charge in [-0.15, -0.1) is 36.6 Å². The Hall–Kier alpha value is -1.27. The predicted octanol–water partition coefficient (Wildman–Crippen LogP) is 3.77. The largest absolute Gasteiger partial charge is 0.326 e. The molecule has 0 fully saturated rings. The highest BCUT2D eigenvalue weighted by Crippen LogP contribution is 2.23. The molecule has 0 saturated carbocycles. The van der Waals surface area contributed by atoms with E-state index in [-0.39, 0.29) is 30.7 Å². The molecule has 0 aliphatic rings. The Bertz CT molecular complexity index is 567. The van der Waals surface area contributed by atoms with Crippen molar-refractivity contribution in [3.05, 3.63) is 54.4 Å². The molecule has 0 atom stereocenters. The molecule has 0 radical (unpaired) electrons. The maximum Gasteiger partial charge on any atom is 0.225 e. The van der Waals surface area contributed by atoms with Crippen LogP contribution in [0.5, 0.6) is 0 Å². The second-order valence-corrected chi connectivity index (χ2v) is 5.62. The van der Waals surface area contributed by atoms with E-state index in [9.17, 15) is 4.79 Å². The summed E-state index contributed by atoms with van der Waals surface area (Å²) < 4.78 is 0. The molecule has 0 bridgehead atoms. The fourth-order valence-corrected chi connectivity index (χ4v) is 2.58. The van der Waals surface area contributed by atoms with Crippen LogP contribution in [0.15, 0.2) is 53.7 Å². The number of aromatic nitrogens is 1. The molecule has 126 valence electrons. The van der Waals surface area contributed by atoms with Crippen molar-refractivity contribution < 1.29 is 4.79 Å². The van der Waals surface area contributed by atoms with E-state index < -0.39 is 0 Å². The fourth-order valence-electron chi connectivity index (χ4n) is 1.75. The standard InChI is InChI=1S/C16H19N3OS.2ClH/c1-17-10-8-16(20)19-14-4-6-15(7-5-14)21-12-13-3-2-9-18-11-13;;/h2-7,9,11,17H,8,10,12H2,1H3,(H,19,20);2*1H. The number of amides is 1. The van der Waals surface area contributed by atoms with E-state index in [1.165, 1.54) is 10.5 Å². The fraction of sp³-hybridized carbons (Fsp3) is 0.250. The van der Waals surface area contributed by atoms with E-state index in [1.54, 1.807) is 18.0 Å². The van der Waals surface area contributed by atoms with Crippen LogP contribution < -0.4 is 10.6 Å². The Labute approximate surface area is 153 Å². The molecular formula is C16H21Cl2N3OS. The molecule has 1 amide bonds. The number of pyridine rings is 1. The van der Waals surface area contributed by atoms with Gasteiger partial charge in [-0.2, -0.15) is 0 Å². The van der Waals surface area contributed by atoms with Gasteiger partial charge in [-0.3, -0.25) is 9.78 Å². The van der Waals surface area contributed by atoms with Gasteiger partial charge in [0.15, 0.2) is 0 Å². The molecule has 4 nitrogen and oxygen atoms in total. The van der Waals surface area contributed by atoms with Crippen LogP contribution in [-0.4, -0.2) is 24.5 Å². The predicted molar refractivity (Wildman–Crippen MR) is 102 cm³/mol. The lowest BCUT2D eigenvalue weighted by atomic mass is 10.3. The van der Waals surface area contributed by atoms with Gasteiger partial charge in [0.05, 0.1) is 0 Å². The van der Waals surface area contributed by atoms with E-state index in [2.05, 4.69) is 21.7 Å². The summed E-state index contributed by atoms with van der Waals surface area (Å²) in [5.41, 5.74) is 2.04. The van der Waals surface area contributed by atoms with E-state index >= 15 is 0 Å². The molecular weight excluding hydrogens is 353 g/mol. The first kappa shape index (κ1) is 21.7. The zero-order chi connectivity index (χ0) is 14.9. The number of nitrogens with zero attached hydrogens (tertiary/aromatic N) is 1. The van der Waals surface area contributed by atoms with E-state index in [4.69, 9.17) is 0 Å². The molecule has 1 aromatic heterocycles. The van der Waals surface area contributed by atoms with Gasteiger partial charge in [0, 0.05) is 41.7 Å². The minimum absolute atomic E-state index is 0. The zero-order valence-corrected chi connectivity index (χ0v) is 15.3. The minimum Gasteiger partial charge on any atom is -0.326 e. The molecule has 0 unspecified atom stereocenters. The number of anilines is 1. The second kappa shape index (κ2) is 12.2. The van der Waals surface area contributed by atoms with Crippen LogP contribution in [-0.2, 0) is 10.5 Å². The highest BCUT2D eigenvalue weighted by molar-refractivity contribution is 7.98. The normalized spacial score (nSPS) is 9.43. The van der Waals surface area contributed by atoms with Crippen molar-refractivity contribution in [2.24, 2.45) is 0 Å². The van der Waals surface area contributed by atoms with Gasteiger partial charge < -0.3 is 10.6 Å². The molecule has 2 rings (SSSR count). The first-order valence-electron chi connectivity index (χ1n) is 6.84. The summed E-state index contributed by atoms with van der Waals surface area (Å²) in [5.74, 6) is 0.918. The number of nitrogens with one attached hydrogen (secondary N) is 2. The molecule has 7 heteroatoms. The monoisotopic (exact) mass is 373 g/mol. The number of hydrogen-bond acceptors (Lipinski definition) is 4. The van der Waals surface area contributed by atoms with Crippen molar-refractivity contribution in [3.8, 4) is 0 Å². The molecule has 0 spiro atoms. The SMILES string of the molecule is CNCCC(=O)Nc1ccc(SCc2cccnc2)cc1.Cl.Cl. The van der Waals surface area contributed by atoms with Gasteiger partial charge in [-0.25, -0.2) is 0 Å². The Kier molecular flexibility index (Phi) is 11.5. The van der Waals surface area contributed by atoms with Crippen molar-refractivity contribution in [2.45, 2.75) is 17.1 Å². The third-order valence-electron chi connectivity index (χ3n) is 2.87. The quantitative estimate of drug-likeness (QED) is 0.725. The molecule has 0 aliphatic carbocycles. The summed E-state index contributed by atoms with van der Waals surface area (Å²) in [5, 5.41) is 5.84. The van der Waals surface area contributed by atoms with Gasteiger partial charge >= 0.3 is 0 Å². The topological polar surface area (TPSA) is 54.0 Å². The van der Waals surface area contributed by atoms with E-state index in [0.29, 0.717) is 13.0 Å².